The van der Waals surface area contributed by atoms with Crippen LogP contribution in [0.4, 0.5) is 0 Å². The SMILES string of the molecule is CCOc1cccc(-c2nccc(CCl)n2)c1. The van der Waals surface area contributed by atoms with Gasteiger partial charge in [-0.05, 0) is 25.1 Å². The first-order valence-corrected chi connectivity index (χ1v) is 5.98. The Morgan fingerprint density at radius 2 is 2.18 bits per heavy atom. The Hall–Kier alpha value is -1.61. The molecule has 2 rings (SSSR count). The van der Waals surface area contributed by atoms with Gasteiger partial charge < -0.3 is 4.74 Å². The van der Waals surface area contributed by atoms with Crippen LogP contribution in [-0.4, -0.2) is 16.6 Å². The van der Waals surface area contributed by atoms with E-state index in [9.17, 15) is 0 Å². The lowest BCUT2D eigenvalue weighted by Crippen LogP contribution is -1.94. The fraction of sp³-hybridized carbons (Fsp3) is 0.231. The number of benzene rings is 1. The maximum Gasteiger partial charge on any atom is 0.159 e. The van der Waals surface area contributed by atoms with E-state index in [1.54, 1.807) is 6.20 Å². The maximum atomic E-state index is 5.75. The van der Waals surface area contributed by atoms with Crippen LogP contribution in [0.5, 0.6) is 5.75 Å². The molecule has 2 aromatic rings. The van der Waals surface area contributed by atoms with Crippen molar-refractivity contribution < 1.29 is 4.74 Å². The van der Waals surface area contributed by atoms with Crippen LogP contribution in [0, 0.1) is 0 Å². The second kappa shape index (κ2) is 5.64. The van der Waals surface area contributed by atoms with Crippen molar-refractivity contribution in [1.29, 1.82) is 0 Å². The predicted molar refractivity (Wildman–Crippen MR) is 68.2 cm³/mol. The number of halogens is 1. The molecule has 0 N–H and O–H groups in total. The molecule has 0 aliphatic rings. The predicted octanol–water partition coefficient (Wildman–Crippen LogP) is 3.28. The molecular formula is C13H13ClN2O. The molecule has 0 bridgehead atoms. The van der Waals surface area contributed by atoms with Gasteiger partial charge in [-0.2, -0.15) is 0 Å². The molecule has 0 aliphatic heterocycles. The monoisotopic (exact) mass is 248 g/mol. The summed E-state index contributed by atoms with van der Waals surface area (Å²) in [5.74, 6) is 1.88. The summed E-state index contributed by atoms with van der Waals surface area (Å²) in [6.07, 6.45) is 1.72. The molecule has 17 heavy (non-hydrogen) atoms. The van der Waals surface area contributed by atoms with E-state index in [-0.39, 0.29) is 0 Å². The van der Waals surface area contributed by atoms with Crippen LogP contribution in [0.3, 0.4) is 0 Å². The van der Waals surface area contributed by atoms with Gasteiger partial charge in [0.05, 0.1) is 18.2 Å². The normalized spacial score (nSPS) is 10.2. The number of alkyl halides is 1. The minimum absolute atomic E-state index is 0.390. The highest BCUT2D eigenvalue weighted by molar-refractivity contribution is 6.16. The highest BCUT2D eigenvalue weighted by Gasteiger charge is 2.03. The summed E-state index contributed by atoms with van der Waals surface area (Å²) < 4.78 is 5.44. The molecule has 1 aromatic carbocycles. The lowest BCUT2D eigenvalue weighted by molar-refractivity contribution is 0.340. The van der Waals surface area contributed by atoms with Crippen molar-refractivity contribution in [1.82, 2.24) is 9.97 Å². The Labute approximate surface area is 105 Å². The second-order valence-corrected chi connectivity index (χ2v) is 3.73. The third-order valence-electron chi connectivity index (χ3n) is 2.25. The Balaban J connectivity index is 2.34. The largest absolute Gasteiger partial charge is 0.494 e. The molecule has 3 nitrogen and oxygen atoms in total. The topological polar surface area (TPSA) is 35.0 Å². The van der Waals surface area contributed by atoms with Gasteiger partial charge in [0.1, 0.15) is 5.75 Å². The zero-order chi connectivity index (χ0) is 12.1. The summed E-state index contributed by atoms with van der Waals surface area (Å²) in [7, 11) is 0. The van der Waals surface area contributed by atoms with Crippen LogP contribution in [0.2, 0.25) is 0 Å². The molecule has 0 saturated heterocycles. The van der Waals surface area contributed by atoms with Crippen LogP contribution >= 0.6 is 11.6 Å². The van der Waals surface area contributed by atoms with Crippen molar-refractivity contribution in [3.63, 3.8) is 0 Å². The van der Waals surface area contributed by atoms with Gasteiger partial charge in [-0.1, -0.05) is 12.1 Å². The molecule has 0 unspecified atom stereocenters. The van der Waals surface area contributed by atoms with E-state index in [1.165, 1.54) is 0 Å². The van der Waals surface area contributed by atoms with Gasteiger partial charge in [-0.3, -0.25) is 0 Å². The summed E-state index contributed by atoms with van der Waals surface area (Å²) in [4.78, 5) is 8.60. The molecule has 0 radical (unpaired) electrons. The van der Waals surface area contributed by atoms with Crippen molar-refractivity contribution in [2.45, 2.75) is 12.8 Å². The minimum Gasteiger partial charge on any atom is -0.494 e. The summed E-state index contributed by atoms with van der Waals surface area (Å²) in [6.45, 7) is 2.60. The van der Waals surface area contributed by atoms with Crippen molar-refractivity contribution >= 4 is 11.6 Å². The highest BCUT2D eigenvalue weighted by atomic mass is 35.5. The lowest BCUT2D eigenvalue weighted by atomic mass is 10.2. The van der Waals surface area contributed by atoms with E-state index in [4.69, 9.17) is 16.3 Å². The van der Waals surface area contributed by atoms with Gasteiger partial charge in [0, 0.05) is 11.8 Å². The van der Waals surface area contributed by atoms with E-state index in [2.05, 4.69) is 9.97 Å². The van der Waals surface area contributed by atoms with Gasteiger partial charge in [0.15, 0.2) is 5.82 Å². The fourth-order valence-corrected chi connectivity index (χ4v) is 1.65. The Morgan fingerprint density at radius 3 is 2.94 bits per heavy atom. The fourth-order valence-electron chi connectivity index (χ4n) is 1.50. The first kappa shape index (κ1) is 11.9. The number of rotatable bonds is 4. The van der Waals surface area contributed by atoms with Gasteiger partial charge >= 0.3 is 0 Å². The molecule has 88 valence electrons. The molecule has 4 heteroatoms. The molecule has 0 fully saturated rings. The van der Waals surface area contributed by atoms with Crippen LogP contribution in [0.1, 0.15) is 12.6 Å². The average molecular weight is 249 g/mol. The van der Waals surface area contributed by atoms with E-state index in [0.717, 1.165) is 17.0 Å². The average Bonchev–Trinajstić information content (AvgIpc) is 2.40. The molecule has 0 saturated carbocycles. The number of hydrogen-bond donors (Lipinski definition) is 0. The van der Waals surface area contributed by atoms with Crippen molar-refractivity contribution in [3.05, 3.63) is 42.2 Å². The third kappa shape index (κ3) is 2.94. The zero-order valence-electron chi connectivity index (χ0n) is 9.56. The molecular weight excluding hydrogens is 236 g/mol. The quantitative estimate of drug-likeness (QED) is 0.779. The summed E-state index contributed by atoms with van der Waals surface area (Å²) in [6, 6.07) is 9.53. The molecule has 0 atom stereocenters. The van der Waals surface area contributed by atoms with Crippen LogP contribution in [-0.2, 0) is 5.88 Å². The van der Waals surface area contributed by atoms with Crippen molar-refractivity contribution in [3.8, 4) is 17.1 Å². The van der Waals surface area contributed by atoms with Crippen molar-refractivity contribution in [2.24, 2.45) is 0 Å². The van der Waals surface area contributed by atoms with Gasteiger partial charge in [0.2, 0.25) is 0 Å². The maximum absolute atomic E-state index is 5.75. The molecule has 0 spiro atoms. The zero-order valence-corrected chi connectivity index (χ0v) is 10.3. The number of aromatic nitrogens is 2. The number of nitrogens with zero attached hydrogens (tertiary/aromatic N) is 2. The van der Waals surface area contributed by atoms with Crippen LogP contribution in [0.25, 0.3) is 11.4 Å². The Bertz CT molecular complexity index is 502. The lowest BCUT2D eigenvalue weighted by Gasteiger charge is -2.05. The Morgan fingerprint density at radius 1 is 1.29 bits per heavy atom. The first-order valence-electron chi connectivity index (χ1n) is 5.44. The number of hydrogen-bond acceptors (Lipinski definition) is 3. The van der Waals surface area contributed by atoms with Gasteiger partial charge in [-0.25, -0.2) is 9.97 Å². The second-order valence-electron chi connectivity index (χ2n) is 3.47. The summed E-state index contributed by atoms with van der Waals surface area (Å²) in [5, 5.41) is 0. The van der Waals surface area contributed by atoms with E-state index in [1.807, 2.05) is 37.3 Å². The van der Waals surface area contributed by atoms with E-state index < -0.39 is 0 Å². The van der Waals surface area contributed by atoms with E-state index in [0.29, 0.717) is 18.3 Å². The smallest absolute Gasteiger partial charge is 0.159 e. The van der Waals surface area contributed by atoms with Crippen LogP contribution in [0.15, 0.2) is 36.5 Å². The number of ether oxygens (including phenoxy) is 1. The van der Waals surface area contributed by atoms with Crippen molar-refractivity contribution in [2.75, 3.05) is 6.61 Å². The first-order chi connectivity index (χ1) is 8.33. The summed E-state index contributed by atoms with van der Waals surface area (Å²) in [5.41, 5.74) is 1.75. The standard InChI is InChI=1S/C13H13ClN2O/c1-2-17-12-5-3-4-10(8-12)13-15-7-6-11(9-14)16-13/h3-8H,2,9H2,1H3. The highest BCUT2D eigenvalue weighted by Crippen LogP contribution is 2.21. The molecule has 1 heterocycles. The Kier molecular flexibility index (Phi) is 3.94. The van der Waals surface area contributed by atoms with E-state index >= 15 is 0 Å². The minimum atomic E-state index is 0.390. The van der Waals surface area contributed by atoms with Gasteiger partial charge in [-0.15, -0.1) is 11.6 Å². The molecule has 1 aromatic heterocycles. The van der Waals surface area contributed by atoms with Crippen LogP contribution < -0.4 is 4.74 Å². The third-order valence-corrected chi connectivity index (χ3v) is 2.53. The molecule has 0 aliphatic carbocycles. The van der Waals surface area contributed by atoms with Gasteiger partial charge in [0.25, 0.3) is 0 Å². The molecule has 0 amide bonds. The summed E-state index contributed by atoms with van der Waals surface area (Å²) >= 11 is 5.75.